The number of aryl methyl sites for hydroxylation is 1. The third-order valence-electron chi connectivity index (χ3n) is 4.64. The van der Waals surface area contributed by atoms with Crippen molar-refractivity contribution in [1.82, 2.24) is 5.01 Å². The minimum Gasteiger partial charge on any atom is -0.381 e. The Morgan fingerprint density at radius 2 is 1.96 bits per heavy atom. The zero-order valence-corrected chi connectivity index (χ0v) is 14.5. The monoisotopic (exact) mass is 325 g/mol. The third kappa shape index (κ3) is 3.58. The fraction of sp³-hybridized carbons (Fsp3) is 0.350. The molecule has 0 aromatic heterocycles. The third-order valence-corrected chi connectivity index (χ3v) is 4.64. The number of rotatable bonds is 5. The molecule has 0 amide bonds. The molecule has 1 atom stereocenters. The van der Waals surface area contributed by atoms with Crippen molar-refractivity contribution in [2.45, 2.75) is 39.3 Å². The van der Waals surface area contributed by atoms with Crippen LogP contribution in [0.1, 0.15) is 37.0 Å². The summed E-state index contributed by atoms with van der Waals surface area (Å²) >= 11 is 0. The van der Waals surface area contributed by atoms with Gasteiger partial charge in [0.25, 0.3) is 0 Å². The van der Waals surface area contributed by atoms with E-state index in [4.69, 9.17) is 0 Å². The smallest absolute Gasteiger partial charge is 0.128 e. The van der Waals surface area contributed by atoms with E-state index in [1.54, 1.807) is 6.07 Å². The van der Waals surface area contributed by atoms with Gasteiger partial charge in [0, 0.05) is 42.9 Å². The van der Waals surface area contributed by atoms with Crippen molar-refractivity contribution in [1.29, 1.82) is 0 Å². The predicted octanol–water partition coefficient (Wildman–Crippen LogP) is 4.43. The molecule has 0 spiro atoms. The summed E-state index contributed by atoms with van der Waals surface area (Å²) < 4.78 is 14.4. The zero-order valence-electron chi connectivity index (χ0n) is 14.5. The van der Waals surface area contributed by atoms with Gasteiger partial charge in [0.15, 0.2) is 0 Å². The van der Waals surface area contributed by atoms with Crippen LogP contribution in [0.25, 0.3) is 0 Å². The molecule has 1 aliphatic heterocycles. The molecule has 0 aliphatic carbocycles. The number of anilines is 1. The van der Waals surface area contributed by atoms with Crippen LogP contribution >= 0.6 is 0 Å². The van der Waals surface area contributed by atoms with Crippen LogP contribution in [0.3, 0.4) is 0 Å². The van der Waals surface area contributed by atoms with Crippen LogP contribution in [0.2, 0.25) is 0 Å². The van der Waals surface area contributed by atoms with Crippen molar-refractivity contribution in [2.24, 2.45) is 5.10 Å². The normalized spacial score (nSPS) is 17.1. The molecule has 1 N–H and O–H groups in total. The SMILES string of the molecule is CCc1ccc(NCc2ccc(C3=NN(C)C(C)C3)cc2F)cc1. The predicted molar refractivity (Wildman–Crippen MR) is 97.9 cm³/mol. The summed E-state index contributed by atoms with van der Waals surface area (Å²) in [5.41, 5.74) is 4.80. The summed E-state index contributed by atoms with van der Waals surface area (Å²) in [7, 11) is 1.95. The number of benzene rings is 2. The molecule has 0 fully saturated rings. The molecule has 1 aliphatic rings. The molecule has 3 nitrogen and oxygen atoms in total. The quantitative estimate of drug-likeness (QED) is 0.881. The molecule has 0 saturated heterocycles. The lowest BCUT2D eigenvalue weighted by Gasteiger charge is -2.11. The first kappa shape index (κ1) is 16.5. The molecule has 1 heterocycles. The summed E-state index contributed by atoms with van der Waals surface area (Å²) in [6.45, 7) is 4.72. The number of hydrogen-bond acceptors (Lipinski definition) is 3. The molecule has 3 rings (SSSR count). The molecule has 4 heteroatoms. The lowest BCUT2D eigenvalue weighted by Crippen LogP contribution is -2.17. The highest BCUT2D eigenvalue weighted by Gasteiger charge is 2.21. The van der Waals surface area contributed by atoms with Crippen molar-refractivity contribution in [3.8, 4) is 0 Å². The van der Waals surface area contributed by atoms with E-state index in [9.17, 15) is 4.39 Å². The Morgan fingerprint density at radius 3 is 2.54 bits per heavy atom. The molecule has 2 aromatic rings. The van der Waals surface area contributed by atoms with E-state index in [2.05, 4.69) is 36.4 Å². The second-order valence-electron chi connectivity index (χ2n) is 6.38. The Labute approximate surface area is 143 Å². The standard InChI is InChI=1S/C20H24FN3/c1-4-15-5-9-18(10-6-15)22-13-17-8-7-16(12-19(17)21)20-11-14(2)24(3)23-20/h5-10,12,14,22H,4,11,13H2,1-3H3. The van der Waals surface area contributed by atoms with E-state index in [1.165, 1.54) is 5.56 Å². The Hall–Kier alpha value is -2.36. The maximum absolute atomic E-state index is 14.4. The summed E-state index contributed by atoms with van der Waals surface area (Å²) in [6, 6.07) is 14.0. The van der Waals surface area contributed by atoms with Gasteiger partial charge in [0.1, 0.15) is 5.82 Å². The Kier molecular flexibility index (Phi) is 4.84. The number of nitrogens with zero attached hydrogens (tertiary/aromatic N) is 2. The van der Waals surface area contributed by atoms with Crippen LogP contribution in [-0.4, -0.2) is 23.8 Å². The van der Waals surface area contributed by atoms with E-state index in [0.29, 0.717) is 18.2 Å². The highest BCUT2D eigenvalue weighted by atomic mass is 19.1. The van der Waals surface area contributed by atoms with Crippen molar-refractivity contribution in [3.63, 3.8) is 0 Å². The first-order chi connectivity index (χ1) is 11.6. The van der Waals surface area contributed by atoms with Crippen LogP contribution in [0, 0.1) is 5.82 Å². The van der Waals surface area contributed by atoms with Gasteiger partial charge in [-0.3, -0.25) is 5.01 Å². The lowest BCUT2D eigenvalue weighted by atomic mass is 10.0. The molecule has 24 heavy (non-hydrogen) atoms. The second-order valence-corrected chi connectivity index (χ2v) is 6.38. The van der Waals surface area contributed by atoms with Gasteiger partial charge in [0.05, 0.1) is 5.71 Å². The van der Waals surface area contributed by atoms with E-state index >= 15 is 0 Å². The second kappa shape index (κ2) is 7.04. The van der Waals surface area contributed by atoms with Gasteiger partial charge in [-0.15, -0.1) is 0 Å². The van der Waals surface area contributed by atoms with Crippen LogP contribution in [-0.2, 0) is 13.0 Å². The van der Waals surface area contributed by atoms with E-state index < -0.39 is 0 Å². The number of hydrogen-bond donors (Lipinski definition) is 1. The number of halogens is 1. The van der Waals surface area contributed by atoms with Gasteiger partial charge in [0.2, 0.25) is 0 Å². The lowest BCUT2D eigenvalue weighted by molar-refractivity contribution is 0.303. The number of nitrogens with one attached hydrogen (secondary N) is 1. The van der Waals surface area contributed by atoms with E-state index in [1.807, 2.05) is 36.3 Å². The van der Waals surface area contributed by atoms with Crippen LogP contribution in [0.5, 0.6) is 0 Å². The van der Waals surface area contributed by atoms with Gasteiger partial charge < -0.3 is 5.32 Å². The minimum absolute atomic E-state index is 0.185. The molecule has 126 valence electrons. The average molecular weight is 325 g/mol. The van der Waals surface area contributed by atoms with Gasteiger partial charge in [-0.05, 0) is 37.1 Å². The van der Waals surface area contributed by atoms with E-state index in [-0.39, 0.29) is 5.82 Å². The van der Waals surface area contributed by atoms with Crippen molar-refractivity contribution >= 4 is 11.4 Å². The molecular formula is C20H24FN3. The van der Waals surface area contributed by atoms with Gasteiger partial charge >= 0.3 is 0 Å². The fourth-order valence-corrected chi connectivity index (χ4v) is 2.84. The van der Waals surface area contributed by atoms with Gasteiger partial charge in [-0.1, -0.05) is 31.2 Å². The van der Waals surface area contributed by atoms with E-state index in [0.717, 1.165) is 29.8 Å². The van der Waals surface area contributed by atoms with Crippen molar-refractivity contribution in [3.05, 3.63) is 65.0 Å². The average Bonchev–Trinajstić information content (AvgIpc) is 2.93. The van der Waals surface area contributed by atoms with Crippen molar-refractivity contribution in [2.75, 3.05) is 12.4 Å². The van der Waals surface area contributed by atoms with Gasteiger partial charge in [-0.2, -0.15) is 5.10 Å². The van der Waals surface area contributed by atoms with Crippen LogP contribution < -0.4 is 5.32 Å². The summed E-state index contributed by atoms with van der Waals surface area (Å²) in [5.74, 6) is -0.185. The molecule has 0 saturated carbocycles. The molecule has 0 radical (unpaired) electrons. The Morgan fingerprint density at radius 1 is 1.21 bits per heavy atom. The highest BCUT2D eigenvalue weighted by Crippen LogP contribution is 2.20. The fourth-order valence-electron chi connectivity index (χ4n) is 2.84. The number of hydrazone groups is 1. The maximum atomic E-state index is 14.4. The van der Waals surface area contributed by atoms with Crippen molar-refractivity contribution < 1.29 is 4.39 Å². The van der Waals surface area contributed by atoms with Crippen LogP contribution in [0.15, 0.2) is 47.6 Å². The van der Waals surface area contributed by atoms with Gasteiger partial charge in [-0.25, -0.2) is 4.39 Å². The maximum Gasteiger partial charge on any atom is 0.128 e. The molecule has 1 unspecified atom stereocenters. The zero-order chi connectivity index (χ0) is 17.1. The highest BCUT2D eigenvalue weighted by molar-refractivity contribution is 6.01. The summed E-state index contributed by atoms with van der Waals surface area (Å²) in [5, 5.41) is 9.70. The summed E-state index contributed by atoms with van der Waals surface area (Å²) in [6.07, 6.45) is 1.88. The Balaban J connectivity index is 1.67. The summed E-state index contributed by atoms with van der Waals surface area (Å²) in [4.78, 5) is 0. The molecule has 0 bridgehead atoms. The first-order valence-electron chi connectivity index (χ1n) is 8.48. The molecule has 2 aromatic carbocycles. The Bertz CT molecular complexity index is 737. The minimum atomic E-state index is -0.185. The largest absolute Gasteiger partial charge is 0.381 e. The molecular weight excluding hydrogens is 301 g/mol. The first-order valence-corrected chi connectivity index (χ1v) is 8.48. The van der Waals surface area contributed by atoms with Crippen LogP contribution in [0.4, 0.5) is 10.1 Å². The topological polar surface area (TPSA) is 27.6 Å².